The Kier molecular flexibility index (Phi) is 7.67. The number of nitrogens with zero attached hydrogens (tertiary/aromatic N) is 4. The van der Waals surface area contributed by atoms with Crippen LogP contribution in [0.2, 0.25) is 0 Å². The molecule has 29 heavy (non-hydrogen) atoms. The van der Waals surface area contributed by atoms with E-state index in [1.807, 2.05) is 37.3 Å². The summed E-state index contributed by atoms with van der Waals surface area (Å²) in [7, 11) is 0. The van der Waals surface area contributed by atoms with Crippen LogP contribution in [0.25, 0.3) is 22.3 Å². The van der Waals surface area contributed by atoms with Crippen LogP contribution < -0.4 is 0 Å². The minimum absolute atomic E-state index is 0. The number of carboxylic acid groups (broad SMARTS) is 1. The summed E-state index contributed by atoms with van der Waals surface area (Å²) in [6, 6.07) is 23.0. The van der Waals surface area contributed by atoms with Crippen molar-refractivity contribution in [1.29, 1.82) is 5.26 Å². The first kappa shape index (κ1) is 21.8. The van der Waals surface area contributed by atoms with Gasteiger partial charge in [0.05, 0.1) is 11.0 Å². The van der Waals surface area contributed by atoms with E-state index in [4.69, 9.17) is 10.4 Å². The molecule has 0 saturated carbocycles. The molecular weight excluding hydrogens is 544 g/mol. The van der Waals surface area contributed by atoms with Gasteiger partial charge in [-0.15, -0.1) is 29.8 Å². The summed E-state index contributed by atoms with van der Waals surface area (Å²) in [5.41, 5.74) is 4.95. The van der Waals surface area contributed by atoms with Crippen LogP contribution in [0.4, 0.5) is 0 Å². The summed E-state index contributed by atoms with van der Waals surface area (Å²) in [4.78, 5) is 22.9. The van der Waals surface area contributed by atoms with Gasteiger partial charge in [0.2, 0.25) is 0 Å². The normalized spacial score (nSPS) is 9.52. The second-order valence-corrected chi connectivity index (χ2v) is 5.77. The molecule has 7 heteroatoms. The molecular formula is C22H15IrN4O2-. The molecule has 2 aromatic heterocycles. The summed E-state index contributed by atoms with van der Waals surface area (Å²) in [5, 5.41) is 17.1. The van der Waals surface area contributed by atoms with Crippen molar-refractivity contribution in [2.75, 3.05) is 0 Å². The van der Waals surface area contributed by atoms with Gasteiger partial charge in [-0.3, -0.25) is 9.97 Å². The Bertz CT molecular complexity index is 1160. The number of carboxylic acids is 1. The van der Waals surface area contributed by atoms with E-state index in [1.165, 1.54) is 12.3 Å². The van der Waals surface area contributed by atoms with Gasteiger partial charge in [0, 0.05) is 43.8 Å². The molecule has 0 unspecified atom stereocenters. The van der Waals surface area contributed by atoms with Crippen molar-refractivity contribution in [2.45, 2.75) is 6.92 Å². The number of para-hydroxylation sites is 2. The number of benzene rings is 2. The number of pyridine rings is 1. The Morgan fingerprint density at radius 2 is 1.72 bits per heavy atom. The Morgan fingerprint density at radius 3 is 2.24 bits per heavy atom. The molecule has 2 aromatic carbocycles. The van der Waals surface area contributed by atoms with Crippen LogP contribution in [-0.2, 0) is 20.1 Å². The number of hydrogen-bond donors (Lipinski definition) is 1. The van der Waals surface area contributed by atoms with Crippen LogP contribution in [0.3, 0.4) is 0 Å². The van der Waals surface area contributed by atoms with Gasteiger partial charge in [-0.05, 0) is 36.8 Å². The van der Waals surface area contributed by atoms with E-state index in [1.54, 1.807) is 24.3 Å². The maximum absolute atomic E-state index is 10.1. The monoisotopic (exact) mass is 560 g/mol. The molecule has 145 valence electrons. The number of aromatic nitrogens is 3. The molecule has 4 rings (SSSR count). The maximum atomic E-state index is 10.1. The van der Waals surface area contributed by atoms with Gasteiger partial charge < -0.3 is 5.11 Å². The minimum atomic E-state index is -0.990. The van der Waals surface area contributed by atoms with Crippen LogP contribution in [0, 0.1) is 24.3 Å². The van der Waals surface area contributed by atoms with Crippen molar-refractivity contribution in [3.8, 4) is 17.3 Å². The number of rotatable bonds is 2. The van der Waals surface area contributed by atoms with E-state index in [9.17, 15) is 4.79 Å². The van der Waals surface area contributed by atoms with Crippen LogP contribution in [0.5, 0.6) is 0 Å². The summed E-state index contributed by atoms with van der Waals surface area (Å²) in [5.74, 6) is -0.990. The first-order chi connectivity index (χ1) is 13.6. The molecule has 2 heterocycles. The van der Waals surface area contributed by atoms with Crippen molar-refractivity contribution in [3.63, 3.8) is 0 Å². The third-order valence-corrected chi connectivity index (χ3v) is 3.83. The van der Waals surface area contributed by atoms with Crippen molar-refractivity contribution in [1.82, 2.24) is 15.0 Å². The van der Waals surface area contributed by atoms with Gasteiger partial charge >= 0.3 is 5.97 Å². The van der Waals surface area contributed by atoms with Gasteiger partial charge in [0.25, 0.3) is 0 Å². The van der Waals surface area contributed by atoms with Crippen LogP contribution >= 0.6 is 0 Å². The fourth-order valence-corrected chi connectivity index (χ4v) is 2.47. The topological polar surface area (TPSA) is 99.8 Å². The number of carbonyl (C=O) groups is 1. The number of fused-ring (bicyclic) bond motifs is 1. The molecule has 0 amide bonds. The fourth-order valence-electron chi connectivity index (χ4n) is 2.47. The minimum Gasteiger partial charge on any atom is -0.477 e. The predicted molar refractivity (Wildman–Crippen MR) is 104 cm³/mol. The van der Waals surface area contributed by atoms with Gasteiger partial charge in [0.15, 0.2) is 0 Å². The summed E-state index contributed by atoms with van der Waals surface area (Å²) < 4.78 is 0. The van der Waals surface area contributed by atoms with E-state index in [2.05, 4.69) is 27.1 Å². The molecule has 1 radical (unpaired) electrons. The predicted octanol–water partition coefficient (Wildman–Crippen LogP) is 4.05. The Morgan fingerprint density at radius 1 is 1.03 bits per heavy atom. The molecule has 0 aliphatic carbocycles. The van der Waals surface area contributed by atoms with E-state index in [0.717, 1.165) is 28.0 Å². The molecule has 0 atom stereocenters. The summed E-state index contributed by atoms with van der Waals surface area (Å²) in [6.45, 7) is 1.93. The smallest absolute Gasteiger partial charge is 0.354 e. The molecule has 0 fully saturated rings. The zero-order valence-electron chi connectivity index (χ0n) is 15.3. The van der Waals surface area contributed by atoms with Crippen molar-refractivity contribution < 1.29 is 30.0 Å². The first-order valence-electron chi connectivity index (χ1n) is 8.38. The molecule has 0 spiro atoms. The molecule has 6 nitrogen and oxygen atoms in total. The molecule has 4 aromatic rings. The van der Waals surface area contributed by atoms with Crippen molar-refractivity contribution >= 4 is 17.0 Å². The third-order valence-electron chi connectivity index (χ3n) is 3.83. The number of aryl methyl sites for hydroxylation is 1. The van der Waals surface area contributed by atoms with E-state index < -0.39 is 5.97 Å². The Hall–Kier alpha value is -3.46. The van der Waals surface area contributed by atoms with Gasteiger partial charge in [-0.1, -0.05) is 18.2 Å². The Labute approximate surface area is 181 Å². The number of aromatic carboxylic acids is 1. The largest absolute Gasteiger partial charge is 0.477 e. The quantitative estimate of drug-likeness (QED) is 0.372. The SMILES string of the molecule is Cc1nc2ccccc2nc1-c1[c-]cc(C#N)cc1.O=C(O)c1ccccn1.[Ir]. The maximum Gasteiger partial charge on any atom is 0.354 e. The zero-order chi connectivity index (χ0) is 19.9. The van der Waals surface area contributed by atoms with Crippen LogP contribution in [0.1, 0.15) is 21.7 Å². The standard InChI is InChI=1S/C16H10N3.C6H5NO2.Ir/c1-11-16(13-8-6-12(10-17)7-9-13)19-15-5-3-2-4-14(15)18-11;8-6(9)5-3-1-2-4-7-5;/h2-8H,1H3;1-4H,(H,8,9);/q-1;;. The van der Waals surface area contributed by atoms with E-state index in [-0.39, 0.29) is 25.8 Å². The second kappa shape index (κ2) is 10.2. The van der Waals surface area contributed by atoms with Gasteiger partial charge in [0.1, 0.15) is 5.69 Å². The van der Waals surface area contributed by atoms with Gasteiger partial charge in [-0.25, -0.2) is 15.0 Å². The fraction of sp³-hybridized carbons (Fsp3) is 0.0455. The first-order valence-corrected chi connectivity index (χ1v) is 8.38. The van der Waals surface area contributed by atoms with Crippen LogP contribution in [-0.4, -0.2) is 26.0 Å². The summed E-state index contributed by atoms with van der Waals surface area (Å²) >= 11 is 0. The molecule has 0 aliphatic rings. The zero-order valence-corrected chi connectivity index (χ0v) is 17.7. The molecule has 0 aliphatic heterocycles. The van der Waals surface area contributed by atoms with Crippen molar-refractivity contribution in [3.05, 3.63) is 89.9 Å². The van der Waals surface area contributed by atoms with Crippen molar-refractivity contribution in [2.24, 2.45) is 0 Å². The second-order valence-electron chi connectivity index (χ2n) is 5.77. The Balaban J connectivity index is 0.000000255. The van der Waals surface area contributed by atoms with E-state index in [0.29, 0.717) is 5.56 Å². The third kappa shape index (κ3) is 5.52. The van der Waals surface area contributed by atoms with E-state index >= 15 is 0 Å². The van der Waals surface area contributed by atoms with Gasteiger partial charge in [-0.2, -0.15) is 0 Å². The average molecular weight is 560 g/mol. The summed E-state index contributed by atoms with van der Waals surface area (Å²) in [6.07, 6.45) is 1.45. The average Bonchev–Trinajstić information content (AvgIpc) is 2.74. The molecule has 1 N–H and O–H groups in total. The number of nitriles is 1. The number of hydrogen-bond acceptors (Lipinski definition) is 5. The molecule has 0 bridgehead atoms. The molecule has 0 saturated heterocycles. The van der Waals surface area contributed by atoms with Crippen LogP contribution in [0.15, 0.2) is 66.9 Å².